The average Bonchev–Trinajstić information content (AvgIpc) is 3.03. The Bertz CT molecular complexity index is 1040. The maximum atomic E-state index is 13.2. The zero-order chi connectivity index (χ0) is 20.8. The van der Waals surface area contributed by atoms with Gasteiger partial charge in [-0.05, 0) is 54.8 Å². The largest absolute Gasteiger partial charge is 0.370 e. The maximum absolute atomic E-state index is 13.2. The van der Waals surface area contributed by atoms with Gasteiger partial charge < -0.3 is 9.64 Å². The summed E-state index contributed by atoms with van der Waals surface area (Å²) < 4.78 is 44.5. The van der Waals surface area contributed by atoms with Gasteiger partial charge in [-0.1, -0.05) is 12.1 Å². The number of benzene rings is 2. The molecule has 1 fully saturated rings. The molecule has 0 radical (unpaired) electrons. The third-order valence-corrected chi connectivity index (χ3v) is 6.70. The molecule has 2 heterocycles. The number of nitrogens with zero attached hydrogens (tertiary/aromatic N) is 2. The quantitative estimate of drug-likeness (QED) is 0.769. The summed E-state index contributed by atoms with van der Waals surface area (Å²) in [5.74, 6) is -0.429. The van der Waals surface area contributed by atoms with Gasteiger partial charge in [0, 0.05) is 18.2 Å². The molecule has 0 saturated carbocycles. The van der Waals surface area contributed by atoms with Crippen molar-refractivity contribution in [1.82, 2.24) is 4.90 Å². The number of hydrogen-bond donors (Lipinski definition) is 0. The van der Waals surface area contributed by atoms with Gasteiger partial charge in [0.1, 0.15) is 11.9 Å². The van der Waals surface area contributed by atoms with Crippen LogP contribution in [0.2, 0.25) is 0 Å². The number of carbonyl (C=O) groups is 1. The molecule has 2 atom stereocenters. The lowest BCUT2D eigenvalue weighted by Crippen LogP contribution is -2.42. The van der Waals surface area contributed by atoms with Gasteiger partial charge in [-0.2, -0.15) is 0 Å². The van der Waals surface area contributed by atoms with Crippen LogP contribution in [0, 0.1) is 5.82 Å². The van der Waals surface area contributed by atoms with Gasteiger partial charge in [0.2, 0.25) is 10.0 Å². The summed E-state index contributed by atoms with van der Waals surface area (Å²) in [4.78, 5) is 14.8. The molecule has 2 aromatic carbocycles. The minimum absolute atomic E-state index is 0.117. The number of hydrogen-bond acceptors (Lipinski definition) is 4. The van der Waals surface area contributed by atoms with Gasteiger partial charge >= 0.3 is 0 Å². The first-order valence-electron chi connectivity index (χ1n) is 9.52. The Hall–Kier alpha value is -2.45. The molecule has 0 spiro atoms. The number of ether oxygens (including phenoxy) is 1. The van der Waals surface area contributed by atoms with Gasteiger partial charge in [0.05, 0.1) is 25.1 Å². The van der Waals surface area contributed by atoms with Crippen molar-refractivity contribution in [2.75, 3.05) is 30.3 Å². The molecule has 1 saturated heterocycles. The van der Waals surface area contributed by atoms with Crippen molar-refractivity contribution in [2.24, 2.45) is 0 Å². The molecule has 2 aliphatic heterocycles. The predicted molar refractivity (Wildman–Crippen MR) is 108 cm³/mol. The van der Waals surface area contributed by atoms with Gasteiger partial charge in [-0.15, -0.1) is 0 Å². The van der Waals surface area contributed by atoms with Crippen molar-refractivity contribution < 1.29 is 22.3 Å². The zero-order valence-electron chi connectivity index (χ0n) is 16.3. The number of sulfonamides is 1. The average molecular weight is 418 g/mol. The highest BCUT2D eigenvalue weighted by molar-refractivity contribution is 7.92. The van der Waals surface area contributed by atoms with Crippen LogP contribution < -0.4 is 4.31 Å². The molecular weight excluding hydrogens is 395 g/mol. The number of anilines is 1. The van der Waals surface area contributed by atoms with Gasteiger partial charge in [0.15, 0.2) is 0 Å². The van der Waals surface area contributed by atoms with Gasteiger partial charge in [0.25, 0.3) is 5.91 Å². The minimum Gasteiger partial charge on any atom is -0.370 e. The van der Waals surface area contributed by atoms with E-state index in [-0.39, 0.29) is 23.9 Å². The molecule has 4 rings (SSSR count). The fraction of sp³-hybridized carbons (Fsp3) is 0.381. The third-order valence-electron chi connectivity index (χ3n) is 5.43. The van der Waals surface area contributed by atoms with E-state index in [1.54, 1.807) is 35.2 Å². The first kappa shape index (κ1) is 19.8. The summed E-state index contributed by atoms with van der Waals surface area (Å²) >= 11 is 0. The van der Waals surface area contributed by atoms with E-state index in [1.165, 1.54) is 22.7 Å². The van der Waals surface area contributed by atoms with E-state index in [0.717, 1.165) is 11.1 Å². The molecule has 2 aliphatic rings. The van der Waals surface area contributed by atoms with Crippen LogP contribution >= 0.6 is 0 Å². The first-order chi connectivity index (χ1) is 13.7. The first-order valence-corrected chi connectivity index (χ1v) is 11.4. The van der Waals surface area contributed by atoms with E-state index in [0.29, 0.717) is 37.4 Å². The van der Waals surface area contributed by atoms with Crippen LogP contribution in [0.25, 0.3) is 0 Å². The van der Waals surface area contributed by atoms with Crippen LogP contribution in [0.1, 0.15) is 34.5 Å². The molecule has 6 nitrogen and oxygen atoms in total. The second-order valence-corrected chi connectivity index (χ2v) is 9.48. The molecule has 2 aromatic rings. The van der Waals surface area contributed by atoms with Crippen LogP contribution in [0.15, 0.2) is 42.5 Å². The van der Waals surface area contributed by atoms with E-state index in [1.807, 2.05) is 6.92 Å². The van der Waals surface area contributed by atoms with Crippen LogP contribution in [0.3, 0.4) is 0 Å². The van der Waals surface area contributed by atoms with E-state index in [4.69, 9.17) is 4.74 Å². The van der Waals surface area contributed by atoms with Crippen molar-refractivity contribution >= 4 is 21.6 Å². The van der Waals surface area contributed by atoms with Crippen LogP contribution in [-0.4, -0.2) is 51.2 Å². The monoisotopic (exact) mass is 418 g/mol. The highest BCUT2D eigenvalue weighted by Crippen LogP contribution is 2.35. The Morgan fingerprint density at radius 1 is 1.17 bits per heavy atom. The van der Waals surface area contributed by atoms with Crippen LogP contribution in [-0.2, 0) is 21.2 Å². The number of carbonyl (C=O) groups excluding carboxylic acids is 1. The lowest BCUT2D eigenvalue weighted by atomic mass is 10.0. The Kier molecular flexibility index (Phi) is 5.08. The molecule has 0 bridgehead atoms. The summed E-state index contributed by atoms with van der Waals surface area (Å²) in [5.41, 5.74) is 2.86. The predicted octanol–water partition coefficient (Wildman–Crippen LogP) is 2.75. The Labute approximate surface area is 169 Å². The smallest absolute Gasteiger partial charge is 0.254 e. The second-order valence-electron chi connectivity index (χ2n) is 7.62. The Morgan fingerprint density at radius 3 is 2.59 bits per heavy atom. The topological polar surface area (TPSA) is 66.9 Å². The molecule has 0 aromatic heterocycles. The second kappa shape index (κ2) is 7.42. The normalized spacial score (nSPS) is 21.9. The fourth-order valence-corrected chi connectivity index (χ4v) is 5.40. The minimum atomic E-state index is -3.36. The number of fused-ring (bicyclic) bond motifs is 1. The number of amides is 1. The van der Waals surface area contributed by atoms with Crippen molar-refractivity contribution in [2.45, 2.75) is 25.5 Å². The van der Waals surface area contributed by atoms with Crippen LogP contribution in [0.4, 0.5) is 10.1 Å². The Balaban J connectivity index is 1.54. The molecule has 154 valence electrons. The number of halogens is 1. The summed E-state index contributed by atoms with van der Waals surface area (Å²) in [5, 5.41) is 0. The lowest BCUT2D eigenvalue weighted by molar-refractivity contribution is -0.0228. The molecule has 1 amide bonds. The number of rotatable bonds is 3. The van der Waals surface area contributed by atoms with E-state index >= 15 is 0 Å². The molecule has 29 heavy (non-hydrogen) atoms. The lowest BCUT2D eigenvalue weighted by Gasteiger charge is -2.33. The fourth-order valence-electron chi connectivity index (χ4n) is 4.14. The summed E-state index contributed by atoms with van der Waals surface area (Å²) in [7, 11) is -3.36. The molecule has 2 unspecified atom stereocenters. The zero-order valence-corrected chi connectivity index (χ0v) is 17.2. The summed E-state index contributed by atoms with van der Waals surface area (Å²) in [6.07, 6.45) is 1.47. The number of morpholine rings is 1. The molecule has 0 aliphatic carbocycles. The van der Waals surface area contributed by atoms with Crippen LogP contribution in [0.5, 0.6) is 0 Å². The molecular formula is C21H23FN2O4S. The highest BCUT2D eigenvalue weighted by Gasteiger charge is 2.33. The van der Waals surface area contributed by atoms with Crippen molar-refractivity contribution in [3.63, 3.8) is 0 Å². The van der Waals surface area contributed by atoms with Crippen molar-refractivity contribution in [1.29, 1.82) is 0 Å². The van der Waals surface area contributed by atoms with E-state index in [9.17, 15) is 17.6 Å². The summed E-state index contributed by atoms with van der Waals surface area (Å²) in [6, 6.07) is 11.1. The third kappa shape index (κ3) is 3.86. The SMILES string of the molecule is CC1Cc2cc(C(=O)N3CCOC(c4ccc(F)cc4)C3)ccc2N1S(C)(=O)=O. The van der Waals surface area contributed by atoms with E-state index < -0.39 is 10.0 Å². The molecule has 0 N–H and O–H groups in total. The highest BCUT2D eigenvalue weighted by atomic mass is 32.2. The maximum Gasteiger partial charge on any atom is 0.254 e. The van der Waals surface area contributed by atoms with Crippen molar-refractivity contribution in [3.8, 4) is 0 Å². The Morgan fingerprint density at radius 2 is 1.90 bits per heavy atom. The van der Waals surface area contributed by atoms with Gasteiger partial charge in [-0.25, -0.2) is 12.8 Å². The summed E-state index contributed by atoms with van der Waals surface area (Å²) in [6.45, 7) is 3.11. The van der Waals surface area contributed by atoms with Gasteiger partial charge in [-0.3, -0.25) is 9.10 Å². The standard InChI is InChI=1S/C21H23FN2O4S/c1-14-11-17-12-16(5-8-19(17)24(14)29(2,26)27)21(25)23-9-10-28-20(13-23)15-3-6-18(22)7-4-15/h3-8,12,14,20H,9-11,13H2,1-2H3. The molecule has 8 heteroatoms. The van der Waals surface area contributed by atoms with Crippen molar-refractivity contribution in [3.05, 3.63) is 65.0 Å². The van der Waals surface area contributed by atoms with E-state index in [2.05, 4.69) is 0 Å².